The summed E-state index contributed by atoms with van der Waals surface area (Å²) >= 11 is 6.33. The smallest absolute Gasteiger partial charge is 0.370 e. The fraction of sp³-hybridized carbons (Fsp3) is 0.292. The van der Waals surface area contributed by atoms with Crippen molar-refractivity contribution < 1.29 is 29.2 Å². The number of benzene rings is 2. The Hall–Kier alpha value is -2.80. The third-order valence-electron chi connectivity index (χ3n) is 5.38. The van der Waals surface area contributed by atoms with Gasteiger partial charge in [0.05, 0.1) is 12.7 Å². The first-order chi connectivity index (χ1) is 15.0. The summed E-state index contributed by atoms with van der Waals surface area (Å²) in [7, 11) is 0. The number of hydrogen-bond acceptors (Lipinski definition) is 5. The molecule has 7 heteroatoms. The molecular weight excluding hydrogens is 420 g/mol. The van der Waals surface area contributed by atoms with Gasteiger partial charge in [0, 0.05) is 28.5 Å². The van der Waals surface area contributed by atoms with Crippen LogP contribution in [-0.2, 0) is 19.0 Å². The van der Waals surface area contributed by atoms with E-state index < -0.39 is 18.4 Å². The van der Waals surface area contributed by atoms with Gasteiger partial charge in [0.25, 0.3) is 0 Å². The molecule has 0 saturated carbocycles. The van der Waals surface area contributed by atoms with Gasteiger partial charge in [-0.2, -0.15) is 0 Å². The van der Waals surface area contributed by atoms with Crippen LogP contribution >= 0.6 is 11.6 Å². The monoisotopic (exact) mass is 442 g/mol. The average molecular weight is 443 g/mol. The van der Waals surface area contributed by atoms with Crippen molar-refractivity contribution in [1.82, 2.24) is 0 Å². The Morgan fingerprint density at radius 1 is 1.13 bits per heavy atom. The molecule has 0 radical (unpaired) electrons. The lowest BCUT2D eigenvalue weighted by Crippen LogP contribution is -2.30. The number of carboxylic acid groups (broad SMARTS) is 1. The number of phenolic OH excluding ortho intramolecular Hbond substituents is 1. The highest BCUT2D eigenvalue weighted by atomic mass is 35.5. The lowest BCUT2D eigenvalue weighted by atomic mass is 9.91. The van der Waals surface area contributed by atoms with Crippen LogP contribution in [0.5, 0.6) is 5.75 Å². The standard InChI is InChI=1S/C24H23ClO6/c25-19-10-3-1-8-17(19)24-29-14-15(22(31-24)18-9-2-4-11-20(18)26)6-5-7-16-12-13-21(30-16)23(27)28/h1-5,7-11,13,15-16,22,24,26H,6,12,14H2,(H,27,28)/b7-5-/t15-,16?,22+,24+/m1/s1. The average Bonchev–Trinajstić information content (AvgIpc) is 3.24. The fourth-order valence-corrected chi connectivity index (χ4v) is 4.03. The predicted molar refractivity (Wildman–Crippen MR) is 115 cm³/mol. The highest BCUT2D eigenvalue weighted by molar-refractivity contribution is 6.31. The molecule has 1 unspecified atom stereocenters. The van der Waals surface area contributed by atoms with Crippen LogP contribution in [0.1, 0.15) is 36.4 Å². The number of hydrogen-bond donors (Lipinski definition) is 2. The van der Waals surface area contributed by atoms with E-state index in [2.05, 4.69) is 0 Å². The topological polar surface area (TPSA) is 85.2 Å². The number of ether oxygens (including phenoxy) is 3. The maximum atomic E-state index is 11.0. The van der Waals surface area contributed by atoms with Crippen LogP contribution in [0, 0.1) is 5.92 Å². The second-order valence-electron chi connectivity index (χ2n) is 7.49. The molecular formula is C24H23ClO6. The molecule has 4 rings (SSSR count). The number of allylic oxidation sites excluding steroid dienone is 1. The van der Waals surface area contributed by atoms with Crippen molar-refractivity contribution >= 4 is 17.6 Å². The molecule has 162 valence electrons. The van der Waals surface area contributed by atoms with E-state index in [0.717, 1.165) is 5.56 Å². The lowest BCUT2D eigenvalue weighted by molar-refractivity contribution is -0.244. The normalized spacial score (nSPS) is 25.9. The van der Waals surface area contributed by atoms with E-state index in [9.17, 15) is 9.90 Å². The number of aliphatic carboxylic acids is 1. The Bertz CT molecular complexity index is 1000. The zero-order valence-corrected chi connectivity index (χ0v) is 17.4. The van der Waals surface area contributed by atoms with Gasteiger partial charge in [-0.25, -0.2) is 4.79 Å². The van der Waals surface area contributed by atoms with Crippen LogP contribution in [0.2, 0.25) is 5.02 Å². The largest absolute Gasteiger partial charge is 0.508 e. The van der Waals surface area contributed by atoms with Gasteiger partial charge in [-0.1, -0.05) is 54.1 Å². The molecule has 2 aromatic rings. The first-order valence-corrected chi connectivity index (χ1v) is 10.5. The van der Waals surface area contributed by atoms with Crippen LogP contribution < -0.4 is 0 Å². The molecule has 6 nitrogen and oxygen atoms in total. The summed E-state index contributed by atoms with van der Waals surface area (Å²) in [5, 5.41) is 20.0. The Morgan fingerprint density at radius 2 is 1.87 bits per heavy atom. The van der Waals surface area contributed by atoms with Gasteiger partial charge in [0.2, 0.25) is 5.76 Å². The van der Waals surface area contributed by atoms with Gasteiger partial charge < -0.3 is 24.4 Å². The fourth-order valence-electron chi connectivity index (χ4n) is 3.80. The molecule has 31 heavy (non-hydrogen) atoms. The zero-order valence-electron chi connectivity index (χ0n) is 16.7. The number of aromatic hydroxyl groups is 1. The maximum absolute atomic E-state index is 11.0. The summed E-state index contributed by atoms with van der Waals surface area (Å²) in [5.41, 5.74) is 1.43. The minimum atomic E-state index is -1.06. The van der Waals surface area contributed by atoms with Crippen LogP contribution in [0.25, 0.3) is 0 Å². The van der Waals surface area contributed by atoms with Crippen LogP contribution in [0.3, 0.4) is 0 Å². The van der Waals surface area contributed by atoms with Crippen molar-refractivity contribution in [3.63, 3.8) is 0 Å². The van der Waals surface area contributed by atoms with E-state index in [1.54, 1.807) is 24.3 Å². The lowest BCUT2D eigenvalue weighted by Gasteiger charge is -2.37. The predicted octanol–water partition coefficient (Wildman–Crippen LogP) is 5.15. The molecule has 0 amide bonds. The molecule has 0 aliphatic carbocycles. The second kappa shape index (κ2) is 9.56. The quantitative estimate of drug-likeness (QED) is 0.601. The Balaban J connectivity index is 1.49. The van der Waals surface area contributed by atoms with Gasteiger partial charge in [-0.3, -0.25) is 0 Å². The highest BCUT2D eigenvalue weighted by Crippen LogP contribution is 2.43. The summed E-state index contributed by atoms with van der Waals surface area (Å²) < 4.78 is 17.7. The summed E-state index contributed by atoms with van der Waals surface area (Å²) in [4.78, 5) is 11.0. The summed E-state index contributed by atoms with van der Waals surface area (Å²) in [6, 6.07) is 14.5. The molecule has 4 atom stereocenters. The number of halogens is 1. The van der Waals surface area contributed by atoms with E-state index in [4.69, 9.17) is 30.9 Å². The number of carbonyl (C=O) groups is 1. The zero-order chi connectivity index (χ0) is 21.8. The Labute approximate surface area is 185 Å². The van der Waals surface area contributed by atoms with Gasteiger partial charge in [0.15, 0.2) is 6.29 Å². The minimum Gasteiger partial charge on any atom is -0.508 e. The van der Waals surface area contributed by atoms with Crippen LogP contribution in [0.4, 0.5) is 0 Å². The van der Waals surface area contributed by atoms with Crippen molar-refractivity contribution in [1.29, 1.82) is 0 Å². The Morgan fingerprint density at radius 3 is 2.58 bits per heavy atom. The number of phenols is 1. The number of para-hydroxylation sites is 1. The van der Waals surface area contributed by atoms with Crippen LogP contribution in [0.15, 0.2) is 72.5 Å². The van der Waals surface area contributed by atoms with E-state index in [1.807, 2.05) is 42.5 Å². The van der Waals surface area contributed by atoms with Crippen molar-refractivity contribution in [2.75, 3.05) is 6.61 Å². The third-order valence-corrected chi connectivity index (χ3v) is 5.72. The molecule has 2 aliphatic rings. The van der Waals surface area contributed by atoms with Gasteiger partial charge in [-0.15, -0.1) is 0 Å². The van der Waals surface area contributed by atoms with Crippen molar-refractivity contribution in [3.05, 3.63) is 88.7 Å². The third kappa shape index (κ3) is 4.93. The summed E-state index contributed by atoms with van der Waals surface area (Å²) in [6.45, 7) is 0.406. The molecule has 0 spiro atoms. The second-order valence-corrected chi connectivity index (χ2v) is 7.90. The molecule has 0 aromatic heterocycles. The van der Waals surface area contributed by atoms with Crippen molar-refractivity contribution in [3.8, 4) is 5.75 Å². The molecule has 1 saturated heterocycles. The van der Waals surface area contributed by atoms with Crippen molar-refractivity contribution in [2.45, 2.75) is 31.3 Å². The molecule has 2 aromatic carbocycles. The van der Waals surface area contributed by atoms with Crippen LogP contribution in [-0.4, -0.2) is 28.9 Å². The van der Waals surface area contributed by atoms with E-state index in [-0.39, 0.29) is 23.5 Å². The molecule has 2 aliphatic heterocycles. The number of rotatable bonds is 6. The maximum Gasteiger partial charge on any atom is 0.370 e. The van der Waals surface area contributed by atoms with E-state index >= 15 is 0 Å². The summed E-state index contributed by atoms with van der Waals surface area (Å²) in [6.07, 6.45) is 5.17. The minimum absolute atomic E-state index is 0.0198. The SMILES string of the molecule is O=C(O)C1=CCC(/C=C\C[C@@H]2CO[C@H](c3ccccc3Cl)O[C@@H]2c2ccccc2O)O1. The Kier molecular flexibility index (Phi) is 6.61. The van der Waals surface area contributed by atoms with E-state index in [1.165, 1.54) is 0 Å². The first kappa shape index (κ1) is 21.4. The molecule has 0 bridgehead atoms. The van der Waals surface area contributed by atoms with Crippen molar-refractivity contribution in [2.24, 2.45) is 5.92 Å². The summed E-state index contributed by atoms with van der Waals surface area (Å²) in [5.74, 6) is -0.976. The first-order valence-electron chi connectivity index (χ1n) is 10.1. The van der Waals surface area contributed by atoms with Gasteiger partial charge in [-0.05, 0) is 30.7 Å². The molecule has 2 heterocycles. The van der Waals surface area contributed by atoms with Gasteiger partial charge >= 0.3 is 5.97 Å². The molecule has 1 fully saturated rings. The highest BCUT2D eigenvalue weighted by Gasteiger charge is 2.35. The number of carboxylic acids is 1. The molecule has 2 N–H and O–H groups in total. The van der Waals surface area contributed by atoms with Gasteiger partial charge in [0.1, 0.15) is 11.9 Å². The van der Waals surface area contributed by atoms with E-state index in [0.29, 0.717) is 30.0 Å².